The summed E-state index contributed by atoms with van der Waals surface area (Å²) in [6.45, 7) is 0. The maximum absolute atomic E-state index is 12.2. The van der Waals surface area contributed by atoms with E-state index in [1.165, 1.54) is 6.07 Å². The lowest BCUT2D eigenvalue weighted by atomic mass is 10.1. The number of phenolic OH excluding ortho intramolecular Hbond substituents is 1. The van der Waals surface area contributed by atoms with E-state index in [9.17, 15) is 18.0 Å². The van der Waals surface area contributed by atoms with Crippen LogP contribution in [0.2, 0.25) is 10.0 Å². The molecule has 0 aliphatic heterocycles. The normalized spacial score (nSPS) is 10.5. The molecule has 0 aliphatic rings. The van der Waals surface area contributed by atoms with Crippen molar-refractivity contribution in [3.8, 4) is 5.75 Å². The molecule has 0 bridgehead atoms. The first-order valence-electron chi connectivity index (χ1n) is 6.21. The zero-order valence-corrected chi connectivity index (χ0v) is 13.4. The van der Waals surface area contributed by atoms with Crippen molar-refractivity contribution in [3.63, 3.8) is 0 Å². The maximum Gasteiger partial charge on any atom is 0.416 e. The number of alkyl halides is 3. The standard InChI is InChI=1S/C8H5ClF3NO.C7H6ClNO/c9-6-2-5(8(10,11)12)1-4(3-13)7(6)14;8-6-3-1-2-5(4-6)7(9)10/h1-3,13-14H;1-4H,(H2,9,10). The van der Waals surface area contributed by atoms with Crippen LogP contribution < -0.4 is 5.73 Å². The van der Waals surface area contributed by atoms with E-state index in [4.69, 9.17) is 39.5 Å². The summed E-state index contributed by atoms with van der Waals surface area (Å²) in [5.41, 5.74) is 4.18. The predicted octanol–water partition coefficient (Wildman–Crippen LogP) is 4.50. The topological polar surface area (TPSA) is 87.2 Å². The van der Waals surface area contributed by atoms with E-state index >= 15 is 0 Å². The highest BCUT2D eigenvalue weighted by Crippen LogP contribution is 2.36. The number of nitrogens with one attached hydrogen (secondary N) is 1. The number of aromatic hydroxyl groups is 1. The van der Waals surface area contributed by atoms with E-state index in [1.54, 1.807) is 18.2 Å². The van der Waals surface area contributed by atoms with Crippen molar-refractivity contribution in [2.45, 2.75) is 6.18 Å². The Morgan fingerprint density at radius 2 is 1.83 bits per heavy atom. The lowest BCUT2D eigenvalue weighted by molar-refractivity contribution is -0.137. The van der Waals surface area contributed by atoms with E-state index in [2.05, 4.69) is 0 Å². The molecule has 4 N–H and O–H groups in total. The minimum Gasteiger partial charge on any atom is -0.506 e. The van der Waals surface area contributed by atoms with Gasteiger partial charge in [0.2, 0.25) is 5.91 Å². The van der Waals surface area contributed by atoms with Crippen LogP contribution in [-0.4, -0.2) is 17.2 Å². The molecule has 0 aromatic heterocycles. The third kappa shape index (κ3) is 5.43. The van der Waals surface area contributed by atoms with Gasteiger partial charge in [0.1, 0.15) is 5.75 Å². The first-order valence-corrected chi connectivity index (χ1v) is 6.97. The van der Waals surface area contributed by atoms with E-state index in [0.29, 0.717) is 28.9 Å². The van der Waals surface area contributed by atoms with E-state index in [0.717, 1.165) is 0 Å². The second-order valence-corrected chi connectivity index (χ2v) is 5.26. The molecule has 0 aliphatic carbocycles. The Morgan fingerprint density at radius 3 is 2.25 bits per heavy atom. The lowest BCUT2D eigenvalue weighted by Gasteiger charge is -2.09. The monoisotopic (exact) mass is 378 g/mol. The van der Waals surface area contributed by atoms with Crippen molar-refractivity contribution < 1.29 is 23.1 Å². The van der Waals surface area contributed by atoms with Crippen LogP contribution in [0.5, 0.6) is 5.75 Å². The van der Waals surface area contributed by atoms with Gasteiger partial charge in [-0.15, -0.1) is 0 Å². The molecule has 4 nitrogen and oxygen atoms in total. The van der Waals surface area contributed by atoms with Crippen molar-refractivity contribution >= 4 is 35.3 Å². The summed E-state index contributed by atoms with van der Waals surface area (Å²) in [5, 5.41) is 16.0. The van der Waals surface area contributed by atoms with Crippen LogP contribution in [0.3, 0.4) is 0 Å². The molecule has 0 radical (unpaired) electrons. The van der Waals surface area contributed by atoms with E-state index in [1.807, 2.05) is 0 Å². The zero-order chi connectivity index (χ0) is 18.5. The lowest BCUT2D eigenvalue weighted by Crippen LogP contribution is -2.10. The zero-order valence-electron chi connectivity index (χ0n) is 11.9. The van der Waals surface area contributed by atoms with Gasteiger partial charge in [0.15, 0.2) is 0 Å². The van der Waals surface area contributed by atoms with Crippen molar-refractivity contribution in [2.24, 2.45) is 5.73 Å². The van der Waals surface area contributed by atoms with Gasteiger partial charge >= 0.3 is 6.18 Å². The molecular formula is C15H11Cl2F3N2O2. The van der Waals surface area contributed by atoms with Crippen molar-refractivity contribution in [3.05, 3.63) is 63.1 Å². The Balaban J connectivity index is 0.000000254. The van der Waals surface area contributed by atoms with E-state index < -0.39 is 28.4 Å². The average Bonchev–Trinajstić information content (AvgIpc) is 2.49. The molecule has 1 amide bonds. The molecule has 2 aromatic rings. The summed E-state index contributed by atoms with van der Waals surface area (Å²) in [4.78, 5) is 10.5. The molecule has 0 saturated carbocycles. The van der Waals surface area contributed by atoms with Crippen LogP contribution in [-0.2, 0) is 6.18 Å². The summed E-state index contributed by atoms with van der Waals surface area (Å²) in [6.07, 6.45) is -3.93. The number of benzene rings is 2. The number of carbonyl (C=O) groups excluding carboxylic acids is 1. The van der Waals surface area contributed by atoms with Crippen molar-refractivity contribution in [1.82, 2.24) is 0 Å². The minimum absolute atomic E-state index is 0.259. The Kier molecular flexibility index (Phi) is 6.62. The van der Waals surface area contributed by atoms with Gasteiger partial charge in [0.05, 0.1) is 10.6 Å². The molecule has 9 heteroatoms. The van der Waals surface area contributed by atoms with Gasteiger partial charge in [-0.05, 0) is 30.3 Å². The third-order valence-electron chi connectivity index (χ3n) is 2.68. The molecule has 0 fully saturated rings. The molecule has 128 valence electrons. The average molecular weight is 379 g/mol. The van der Waals surface area contributed by atoms with Crippen molar-refractivity contribution in [2.75, 3.05) is 0 Å². The second-order valence-electron chi connectivity index (χ2n) is 4.41. The molecular weight excluding hydrogens is 368 g/mol. The third-order valence-corrected chi connectivity index (χ3v) is 3.21. The molecule has 0 unspecified atom stereocenters. The number of amides is 1. The number of nitrogens with two attached hydrogens (primary N) is 1. The number of hydrogen-bond donors (Lipinski definition) is 3. The first-order chi connectivity index (χ1) is 11.1. The summed E-state index contributed by atoms with van der Waals surface area (Å²) in [5.74, 6) is -0.975. The fourth-order valence-electron chi connectivity index (χ4n) is 1.54. The number of carbonyl (C=O) groups is 1. The van der Waals surface area contributed by atoms with Crippen molar-refractivity contribution in [1.29, 1.82) is 5.41 Å². The molecule has 24 heavy (non-hydrogen) atoms. The number of phenols is 1. The Bertz CT molecular complexity index is 765. The quantitative estimate of drug-likeness (QED) is 0.671. The van der Waals surface area contributed by atoms with Gasteiger partial charge in [-0.3, -0.25) is 4.79 Å². The molecule has 0 heterocycles. The number of primary amides is 1. The van der Waals surface area contributed by atoms with E-state index in [-0.39, 0.29) is 5.56 Å². The van der Waals surface area contributed by atoms with Gasteiger partial charge < -0.3 is 16.2 Å². The van der Waals surface area contributed by atoms with Crippen LogP contribution in [0.15, 0.2) is 36.4 Å². The summed E-state index contributed by atoms with van der Waals surface area (Å²) >= 11 is 10.9. The second kappa shape index (κ2) is 8.03. The molecule has 0 spiro atoms. The van der Waals surface area contributed by atoms with Crippen LogP contribution >= 0.6 is 23.2 Å². The van der Waals surface area contributed by atoms with Gasteiger partial charge in [-0.1, -0.05) is 29.3 Å². The number of rotatable bonds is 2. The fourth-order valence-corrected chi connectivity index (χ4v) is 1.95. The maximum atomic E-state index is 12.2. The number of halogens is 5. The highest BCUT2D eigenvalue weighted by molar-refractivity contribution is 6.32. The van der Waals surface area contributed by atoms with Crippen LogP contribution in [0, 0.1) is 5.41 Å². The van der Waals surface area contributed by atoms with Crippen LogP contribution in [0.4, 0.5) is 13.2 Å². The van der Waals surface area contributed by atoms with Crippen LogP contribution in [0.25, 0.3) is 0 Å². The molecule has 0 atom stereocenters. The largest absolute Gasteiger partial charge is 0.506 e. The van der Waals surface area contributed by atoms with Gasteiger partial charge in [0.25, 0.3) is 0 Å². The number of hydrogen-bond acceptors (Lipinski definition) is 3. The summed E-state index contributed by atoms with van der Waals surface area (Å²) in [7, 11) is 0. The molecule has 2 aromatic carbocycles. The van der Waals surface area contributed by atoms with Gasteiger partial charge in [-0.2, -0.15) is 13.2 Å². The fraction of sp³-hybridized carbons (Fsp3) is 0.0667. The SMILES string of the molecule is N=Cc1cc(C(F)(F)F)cc(Cl)c1O.NC(=O)c1cccc(Cl)c1. The summed E-state index contributed by atoms with van der Waals surface area (Å²) < 4.78 is 36.6. The molecule has 0 saturated heterocycles. The minimum atomic E-state index is -4.53. The summed E-state index contributed by atoms with van der Waals surface area (Å²) in [6, 6.07) is 7.80. The first kappa shape index (κ1) is 19.8. The Hall–Kier alpha value is -2.25. The smallest absolute Gasteiger partial charge is 0.416 e. The highest BCUT2D eigenvalue weighted by atomic mass is 35.5. The predicted molar refractivity (Wildman–Crippen MR) is 86.0 cm³/mol. The van der Waals surface area contributed by atoms with Crippen LogP contribution in [0.1, 0.15) is 21.5 Å². The molecule has 2 rings (SSSR count). The van der Waals surface area contributed by atoms with Gasteiger partial charge in [0, 0.05) is 22.4 Å². The Morgan fingerprint density at radius 1 is 1.21 bits per heavy atom. The highest BCUT2D eigenvalue weighted by Gasteiger charge is 2.31. The Labute approximate surface area is 145 Å². The van der Waals surface area contributed by atoms with Gasteiger partial charge in [-0.25, -0.2) is 0 Å².